The molecule has 0 radical (unpaired) electrons. The van der Waals surface area contributed by atoms with Crippen molar-refractivity contribution in [3.8, 4) is 10.4 Å². The van der Waals surface area contributed by atoms with Gasteiger partial charge in [0.15, 0.2) is 0 Å². The number of thiazole rings is 1. The first-order valence-corrected chi connectivity index (χ1v) is 6.49. The molecule has 1 unspecified atom stereocenters. The van der Waals surface area contributed by atoms with E-state index >= 15 is 0 Å². The fourth-order valence-corrected chi connectivity index (χ4v) is 2.70. The molecule has 2 N–H and O–H groups in total. The molecular formula is C13H13F3N2S. The average Bonchev–Trinajstić information content (AvgIpc) is 2.74. The number of aromatic nitrogens is 1. The van der Waals surface area contributed by atoms with Gasteiger partial charge in [0.05, 0.1) is 4.88 Å². The smallest absolute Gasteiger partial charge is 0.397 e. The fourth-order valence-electron chi connectivity index (χ4n) is 1.72. The zero-order valence-corrected chi connectivity index (χ0v) is 11.3. The first-order chi connectivity index (χ1) is 8.77. The number of anilines is 1. The third kappa shape index (κ3) is 3.07. The number of alkyl halides is 3. The van der Waals surface area contributed by atoms with Crippen LogP contribution in [-0.2, 0) is 0 Å². The van der Waals surface area contributed by atoms with Crippen LogP contribution in [0, 0.1) is 6.92 Å². The number of aryl methyl sites for hydroxylation is 1. The van der Waals surface area contributed by atoms with Gasteiger partial charge in [-0.2, -0.15) is 13.2 Å². The molecule has 0 spiro atoms. The molecule has 0 aliphatic carbocycles. The molecule has 0 aliphatic rings. The summed E-state index contributed by atoms with van der Waals surface area (Å²) in [7, 11) is 0. The highest BCUT2D eigenvalue weighted by Crippen LogP contribution is 2.38. The molecule has 6 heteroatoms. The molecule has 2 aromatic rings. The van der Waals surface area contributed by atoms with Crippen LogP contribution >= 0.6 is 11.3 Å². The van der Waals surface area contributed by atoms with Gasteiger partial charge in [0.1, 0.15) is 10.9 Å². The van der Waals surface area contributed by atoms with Crippen molar-refractivity contribution >= 4 is 17.0 Å². The third-order valence-electron chi connectivity index (χ3n) is 2.77. The Balaban J connectivity index is 2.36. The Morgan fingerprint density at radius 2 is 1.95 bits per heavy atom. The largest absolute Gasteiger partial charge is 0.399 e. The molecule has 0 saturated carbocycles. The molecule has 2 rings (SSSR count). The van der Waals surface area contributed by atoms with Crippen molar-refractivity contribution in [3.63, 3.8) is 0 Å². The number of rotatable bonds is 2. The van der Waals surface area contributed by atoms with Gasteiger partial charge < -0.3 is 5.73 Å². The van der Waals surface area contributed by atoms with Gasteiger partial charge in [0.25, 0.3) is 0 Å². The van der Waals surface area contributed by atoms with E-state index in [4.69, 9.17) is 5.73 Å². The second-order valence-electron chi connectivity index (χ2n) is 4.46. The summed E-state index contributed by atoms with van der Waals surface area (Å²) in [5.74, 6) is -1.55. The lowest BCUT2D eigenvalue weighted by Crippen LogP contribution is -2.17. The number of benzene rings is 1. The van der Waals surface area contributed by atoms with Crippen molar-refractivity contribution in [2.24, 2.45) is 0 Å². The van der Waals surface area contributed by atoms with E-state index in [2.05, 4.69) is 4.98 Å². The van der Waals surface area contributed by atoms with Gasteiger partial charge in [-0.15, -0.1) is 11.3 Å². The molecule has 2 nitrogen and oxygen atoms in total. The summed E-state index contributed by atoms with van der Waals surface area (Å²) in [6.07, 6.45) is -2.79. The van der Waals surface area contributed by atoms with E-state index in [1.807, 2.05) is 19.1 Å². The second kappa shape index (κ2) is 4.85. The molecular weight excluding hydrogens is 273 g/mol. The van der Waals surface area contributed by atoms with Crippen LogP contribution in [0.15, 0.2) is 24.4 Å². The van der Waals surface area contributed by atoms with Gasteiger partial charge in [-0.1, -0.05) is 6.07 Å². The zero-order chi connectivity index (χ0) is 14.2. The molecule has 1 heterocycles. The Labute approximate surface area is 113 Å². The van der Waals surface area contributed by atoms with Crippen LogP contribution in [0.3, 0.4) is 0 Å². The maximum atomic E-state index is 12.6. The molecule has 19 heavy (non-hydrogen) atoms. The van der Waals surface area contributed by atoms with E-state index in [0.29, 0.717) is 10.6 Å². The third-order valence-corrected chi connectivity index (χ3v) is 4.00. The molecule has 1 aromatic heterocycles. The molecule has 0 saturated heterocycles. The minimum absolute atomic E-state index is 0.0718. The van der Waals surface area contributed by atoms with Crippen molar-refractivity contribution in [2.45, 2.75) is 25.9 Å². The molecule has 0 amide bonds. The molecule has 0 aliphatic heterocycles. The summed E-state index contributed by atoms with van der Waals surface area (Å²) < 4.78 is 37.9. The van der Waals surface area contributed by atoms with Crippen molar-refractivity contribution in [1.82, 2.24) is 4.98 Å². The Hall–Kier alpha value is -1.56. The Morgan fingerprint density at radius 3 is 2.53 bits per heavy atom. The average molecular weight is 286 g/mol. The van der Waals surface area contributed by atoms with Gasteiger partial charge in [-0.05, 0) is 37.1 Å². The van der Waals surface area contributed by atoms with Crippen LogP contribution in [0.5, 0.6) is 0 Å². The normalized spacial score (nSPS) is 13.5. The van der Waals surface area contributed by atoms with Crippen LogP contribution in [0.4, 0.5) is 18.9 Å². The summed E-state index contributed by atoms with van der Waals surface area (Å²) in [5, 5.41) is 0.0718. The summed E-state index contributed by atoms with van der Waals surface area (Å²) >= 11 is 1.05. The number of halogens is 3. The maximum absolute atomic E-state index is 12.6. The minimum Gasteiger partial charge on any atom is -0.399 e. The standard InChI is InChI=1S/C13H13F3N2S/c1-7-3-9(5-10(17)4-7)11-6-18-12(19-11)8(2)13(14,15)16/h3-6,8H,17H2,1-2H3. The zero-order valence-electron chi connectivity index (χ0n) is 10.5. The summed E-state index contributed by atoms with van der Waals surface area (Å²) in [4.78, 5) is 4.57. The summed E-state index contributed by atoms with van der Waals surface area (Å²) in [6, 6.07) is 5.43. The van der Waals surface area contributed by atoms with E-state index in [1.54, 1.807) is 6.07 Å². The van der Waals surface area contributed by atoms with E-state index in [1.165, 1.54) is 6.20 Å². The van der Waals surface area contributed by atoms with Crippen LogP contribution in [0.25, 0.3) is 10.4 Å². The Morgan fingerprint density at radius 1 is 1.26 bits per heavy atom. The highest BCUT2D eigenvalue weighted by Gasteiger charge is 2.39. The first-order valence-electron chi connectivity index (χ1n) is 5.67. The molecule has 102 valence electrons. The predicted octanol–water partition coefficient (Wildman–Crippen LogP) is 4.37. The Kier molecular flexibility index (Phi) is 3.54. The van der Waals surface area contributed by atoms with E-state index in [-0.39, 0.29) is 5.01 Å². The van der Waals surface area contributed by atoms with E-state index in [9.17, 15) is 13.2 Å². The SMILES string of the molecule is Cc1cc(N)cc(-c2cnc(C(C)C(F)(F)F)s2)c1. The summed E-state index contributed by atoms with van der Waals surface area (Å²) in [5.41, 5.74) is 8.10. The molecule has 1 aromatic carbocycles. The minimum atomic E-state index is -4.26. The first kappa shape index (κ1) is 13.9. The number of hydrogen-bond donors (Lipinski definition) is 1. The van der Waals surface area contributed by atoms with Gasteiger partial charge >= 0.3 is 6.18 Å². The van der Waals surface area contributed by atoms with Crippen molar-refractivity contribution in [2.75, 3.05) is 5.73 Å². The Bertz CT molecular complexity index is 570. The van der Waals surface area contributed by atoms with Crippen LogP contribution in [-0.4, -0.2) is 11.2 Å². The maximum Gasteiger partial charge on any atom is 0.397 e. The highest BCUT2D eigenvalue weighted by molar-refractivity contribution is 7.15. The van der Waals surface area contributed by atoms with E-state index < -0.39 is 12.1 Å². The second-order valence-corrected chi connectivity index (χ2v) is 5.52. The molecule has 0 fully saturated rings. The van der Waals surface area contributed by atoms with Crippen LogP contribution < -0.4 is 5.73 Å². The molecule has 0 bridgehead atoms. The number of nitrogen functional groups attached to an aromatic ring is 1. The number of nitrogens with two attached hydrogens (primary N) is 1. The van der Waals surface area contributed by atoms with Crippen LogP contribution in [0.2, 0.25) is 0 Å². The summed E-state index contributed by atoms with van der Waals surface area (Å²) in [6.45, 7) is 3.01. The van der Waals surface area contributed by atoms with Gasteiger partial charge in [-0.25, -0.2) is 4.98 Å². The topological polar surface area (TPSA) is 38.9 Å². The van der Waals surface area contributed by atoms with Gasteiger partial charge in [0, 0.05) is 11.9 Å². The monoisotopic (exact) mass is 286 g/mol. The van der Waals surface area contributed by atoms with Gasteiger partial charge in [0.2, 0.25) is 0 Å². The number of hydrogen-bond acceptors (Lipinski definition) is 3. The quantitative estimate of drug-likeness (QED) is 0.833. The highest BCUT2D eigenvalue weighted by atomic mass is 32.1. The lowest BCUT2D eigenvalue weighted by atomic mass is 10.1. The van der Waals surface area contributed by atoms with Crippen LogP contribution in [0.1, 0.15) is 23.4 Å². The van der Waals surface area contributed by atoms with Crippen molar-refractivity contribution in [3.05, 3.63) is 35.0 Å². The predicted molar refractivity (Wildman–Crippen MR) is 71.2 cm³/mol. The van der Waals surface area contributed by atoms with E-state index in [0.717, 1.165) is 29.4 Å². The molecule has 1 atom stereocenters. The van der Waals surface area contributed by atoms with Gasteiger partial charge in [-0.3, -0.25) is 0 Å². The fraction of sp³-hybridized carbons (Fsp3) is 0.308. The van der Waals surface area contributed by atoms with Crippen molar-refractivity contribution < 1.29 is 13.2 Å². The number of nitrogens with zero attached hydrogens (tertiary/aromatic N) is 1. The lowest BCUT2D eigenvalue weighted by Gasteiger charge is -2.12. The van der Waals surface area contributed by atoms with Crippen molar-refractivity contribution in [1.29, 1.82) is 0 Å². The lowest BCUT2D eigenvalue weighted by molar-refractivity contribution is -0.146.